The summed E-state index contributed by atoms with van der Waals surface area (Å²) in [5.74, 6) is 1.71. The summed E-state index contributed by atoms with van der Waals surface area (Å²) in [6.45, 7) is 7.32. The monoisotopic (exact) mass is 346 g/mol. The molecule has 0 aromatic heterocycles. The maximum absolute atomic E-state index is 5.69. The predicted molar refractivity (Wildman–Crippen MR) is 107 cm³/mol. The van der Waals surface area contributed by atoms with Gasteiger partial charge in [-0.25, -0.2) is 0 Å². The first-order valence-corrected chi connectivity index (χ1v) is 8.83. The highest BCUT2D eigenvalue weighted by Crippen LogP contribution is 2.37. The molecule has 0 atom stereocenters. The Balaban J connectivity index is 3.57. The largest absolute Gasteiger partial charge is 0.496 e. The molecule has 0 fully saturated rings. The van der Waals surface area contributed by atoms with Crippen molar-refractivity contribution in [1.82, 2.24) is 10.2 Å². The van der Waals surface area contributed by atoms with Crippen molar-refractivity contribution in [3.05, 3.63) is 40.6 Å². The summed E-state index contributed by atoms with van der Waals surface area (Å²) < 4.78 is 11.4. The molecule has 0 unspecified atom stereocenters. The van der Waals surface area contributed by atoms with Gasteiger partial charge in [0.1, 0.15) is 11.5 Å². The fourth-order valence-electron chi connectivity index (χ4n) is 3.00. The Kier molecular flexibility index (Phi) is 8.56. The molecule has 0 saturated carbocycles. The van der Waals surface area contributed by atoms with E-state index in [1.54, 1.807) is 14.2 Å². The first kappa shape index (κ1) is 21.1. The second-order valence-corrected chi connectivity index (χ2v) is 6.67. The number of allylic oxidation sites excluding steroid dienone is 3. The van der Waals surface area contributed by atoms with Crippen molar-refractivity contribution in [1.29, 1.82) is 0 Å². The molecule has 0 amide bonds. The third kappa shape index (κ3) is 5.53. The summed E-state index contributed by atoms with van der Waals surface area (Å²) in [4.78, 5) is 2.11. The van der Waals surface area contributed by atoms with Gasteiger partial charge in [-0.15, -0.1) is 0 Å². The van der Waals surface area contributed by atoms with E-state index in [1.807, 2.05) is 21.1 Å². The Morgan fingerprint density at radius 3 is 2.04 bits per heavy atom. The van der Waals surface area contributed by atoms with Crippen LogP contribution in [0.2, 0.25) is 0 Å². The molecule has 4 heteroatoms. The van der Waals surface area contributed by atoms with Crippen LogP contribution >= 0.6 is 0 Å². The highest BCUT2D eigenvalue weighted by Gasteiger charge is 2.17. The Hall–Kier alpha value is -1.94. The van der Waals surface area contributed by atoms with Crippen molar-refractivity contribution in [2.24, 2.45) is 0 Å². The zero-order valence-electron chi connectivity index (χ0n) is 17.1. The van der Waals surface area contributed by atoms with Gasteiger partial charge < -0.3 is 19.7 Å². The summed E-state index contributed by atoms with van der Waals surface area (Å²) in [7, 11) is 9.45. The molecule has 1 rings (SSSR count). The van der Waals surface area contributed by atoms with Crippen LogP contribution in [0.3, 0.4) is 0 Å². The lowest BCUT2D eigenvalue weighted by Gasteiger charge is -2.21. The molecule has 1 N–H and O–H groups in total. The second kappa shape index (κ2) is 10.1. The molecule has 4 nitrogen and oxygen atoms in total. The maximum Gasteiger partial charge on any atom is 0.127 e. The summed E-state index contributed by atoms with van der Waals surface area (Å²) >= 11 is 0. The zero-order chi connectivity index (χ0) is 19.0. The number of hydrogen-bond donors (Lipinski definition) is 1. The van der Waals surface area contributed by atoms with Crippen LogP contribution in [0.25, 0.3) is 5.57 Å². The first-order chi connectivity index (χ1) is 11.9. The smallest absolute Gasteiger partial charge is 0.127 e. The molecule has 0 heterocycles. The molecule has 0 aliphatic rings. The number of benzene rings is 1. The Bertz CT molecular complexity index is 602. The van der Waals surface area contributed by atoms with Gasteiger partial charge in [-0.05, 0) is 57.6 Å². The van der Waals surface area contributed by atoms with Crippen molar-refractivity contribution >= 4 is 5.57 Å². The van der Waals surface area contributed by atoms with Crippen LogP contribution in [0, 0.1) is 0 Å². The van der Waals surface area contributed by atoms with Gasteiger partial charge in [-0.1, -0.05) is 18.9 Å². The van der Waals surface area contributed by atoms with Gasteiger partial charge in [-0.3, -0.25) is 0 Å². The molecule has 0 aliphatic heterocycles. The highest BCUT2D eigenvalue weighted by atomic mass is 16.5. The van der Waals surface area contributed by atoms with E-state index >= 15 is 0 Å². The van der Waals surface area contributed by atoms with Crippen LogP contribution < -0.4 is 14.8 Å². The molecule has 1 aromatic rings. The van der Waals surface area contributed by atoms with Crippen LogP contribution in [0.5, 0.6) is 11.5 Å². The van der Waals surface area contributed by atoms with Crippen molar-refractivity contribution in [2.75, 3.05) is 35.4 Å². The Labute approximate surface area is 153 Å². The zero-order valence-corrected chi connectivity index (χ0v) is 17.1. The lowest BCUT2D eigenvalue weighted by Crippen LogP contribution is -2.13. The average Bonchev–Trinajstić information content (AvgIpc) is 2.57. The summed E-state index contributed by atoms with van der Waals surface area (Å²) in [6.07, 6.45) is 4.21. The van der Waals surface area contributed by atoms with E-state index in [-0.39, 0.29) is 0 Å². The number of methoxy groups -OCH3 is 2. The van der Waals surface area contributed by atoms with Gasteiger partial charge >= 0.3 is 0 Å². The number of nitrogens with zero attached hydrogens (tertiary/aromatic N) is 1. The predicted octanol–water partition coefficient (Wildman–Crippen LogP) is 4.46. The van der Waals surface area contributed by atoms with Crippen molar-refractivity contribution in [3.63, 3.8) is 0 Å². The summed E-state index contributed by atoms with van der Waals surface area (Å²) in [6, 6.07) is 4.23. The fraction of sp³-hybridized carbons (Fsp3) is 0.524. The van der Waals surface area contributed by atoms with Crippen LogP contribution in [0.4, 0.5) is 0 Å². The molecule has 1 aromatic carbocycles. The quantitative estimate of drug-likeness (QED) is 0.669. The van der Waals surface area contributed by atoms with E-state index in [9.17, 15) is 0 Å². The van der Waals surface area contributed by atoms with E-state index in [4.69, 9.17) is 9.47 Å². The van der Waals surface area contributed by atoms with E-state index in [0.29, 0.717) is 0 Å². The number of nitrogens with one attached hydrogen (secondary N) is 1. The third-order valence-electron chi connectivity index (χ3n) is 4.11. The number of rotatable bonds is 9. The molecule has 25 heavy (non-hydrogen) atoms. The second-order valence-electron chi connectivity index (χ2n) is 6.67. The molecular formula is C21H34N2O2. The minimum Gasteiger partial charge on any atom is -0.496 e. The molecule has 0 aliphatic carbocycles. The summed E-state index contributed by atoms with van der Waals surface area (Å²) in [5.41, 5.74) is 6.06. The molecule has 140 valence electrons. The van der Waals surface area contributed by atoms with Gasteiger partial charge in [0.15, 0.2) is 0 Å². The highest BCUT2D eigenvalue weighted by molar-refractivity contribution is 5.81. The van der Waals surface area contributed by atoms with Gasteiger partial charge in [0, 0.05) is 25.4 Å². The molecular weight excluding hydrogens is 312 g/mol. The van der Waals surface area contributed by atoms with Gasteiger partial charge in [0.05, 0.1) is 19.8 Å². The van der Waals surface area contributed by atoms with Crippen molar-refractivity contribution < 1.29 is 9.47 Å². The van der Waals surface area contributed by atoms with Gasteiger partial charge in [0.25, 0.3) is 0 Å². The first-order valence-electron chi connectivity index (χ1n) is 8.83. The van der Waals surface area contributed by atoms with E-state index in [0.717, 1.165) is 42.0 Å². The van der Waals surface area contributed by atoms with Crippen LogP contribution in [-0.4, -0.2) is 40.3 Å². The standard InChI is InChI=1S/C21H34N2O2/c1-9-10-17(15(2)3)18(13-22-4)16-11-20(24-7)19(14-23(5)6)21(12-16)25-8/h11-13,22H,9-10,14H2,1-8H3/b18-13-. The lowest BCUT2D eigenvalue weighted by molar-refractivity contribution is 0.348. The molecule has 0 radical (unpaired) electrons. The SMILES string of the molecule is CCCC(=C(C)C)/C(=C\NC)c1cc(OC)c(CN(C)C)c(OC)c1. The normalized spacial score (nSPS) is 11.5. The fourth-order valence-corrected chi connectivity index (χ4v) is 3.00. The Morgan fingerprint density at radius 2 is 1.68 bits per heavy atom. The third-order valence-corrected chi connectivity index (χ3v) is 4.11. The molecule has 0 spiro atoms. The minimum atomic E-state index is 0.766. The van der Waals surface area contributed by atoms with Gasteiger partial charge in [-0.2, -0.15) is 0 Å². The van der Waals surface area contributed by atoms with E-state index in [1.165, 1.54) is 16.7 Å². The molecule has 0 saturated heterocycles. The lowest BCUT2D eigenvalue weighted by atomic mass is 9.91. The Morgan fingerprint density at radius 1 is 1.12 bits per heavy atom. The van der Waals surface area contributed by atoms with E-state index in [2.05, 4.69) is 49.3 Å². The topological polar surface area (TPSA) is 33.7 Å². The van der Waals surface area contributed by atoms with Crippen LogP contribution in [0.1, 0.15) is 44.7 Å². The van der Waals surface area contributed by atoms with Crippen LogP contribution in [0.15, 0.2) is 29.5 Å². The maximum atomic E-state index is 5.69. The number of hydrogen-bond acceptors (Lipinski definition) is 4. The van der Waals surface area contributed by atoms with Crippen molar-refractivity contribution in [3.8, 4) is 11.5 Å². The van der Waals surface area contributed by atoms with Crippen molar-refractivity contribution in [2.45, 2.75) is 40.2 Å². The minimum absolute atomic E-state index is 0.766. The average molecular weight is 347 g/mol. The molecule has 0 bridgehead atoms. The van der Waals surface area contributed by atoms with Gasteiger partial charge in [0.2, 0.25) is 0 Å². The summed E-state index contributed by atoms with van der Waals surface area (Å²) in [5, 5.41) is 3.20. The van der Waals surface area contributed by atoms with Crippen LogP contribution in [-0.2, 0) is 6.54 Å². The van der Waals surface area contributed by atoms with E-state index < -0.39 is 0 Å². The number of ether oxygens (including phenoxy) is 2.